The van der Waals surface area contributed by atoms with E-state index in [4.69, 9.17) is 0 Å². The van der Waals surface area contributed by atoms with Crippen LogP contribution in [-0.4, -0.2) is 36.5 Å². The fourth-order valence-electron chi connectivity index (χ4n) is 0.815. The Labute approximate surface area is 92.3 Å². The zero-order chi connectivity index (χ0) is 12.1. The summed E-state index contributed by atoms with van der Waals surface area (Å²) in [5, 5.41) is 0.945. The van der Waals surface area contributed by atoms with Crippen LogP contribution in [0.2, 0.25) is 0 Å². The lowest BCUT2D eigenvalue weighted by molar-refractivity contribution is -0.176. The molecule has 0 bridgehead atoms. The normalized spacial score (nSPS) is 13.4. The largest absolute Gasteiger partial charge is 0.468 e. The second-order valence-corrected chi connectivity index (χ2v) is 3.16. The van der Waals surface area contributed by atoms with Crippen molar-refractivity contribution in [3.05, 3.63) is 0 Å². The van der Waals surface area contributed by atoms with Gasteiger partial charge in [-0.05, 0) is 0 Å². The predicted octanol–water partition coefficient (Wildman–Crippen LogP) is 0.992. The van der Waals surface area contributed by atoms with Crippen molar-refractivity contribution in [2.45, 2.75) is 18.8 Å². The van der Waals surface area contributed by atoms with E-state index in [1.54, 1.807) is 0 Å². The van der Waals surface area contributed by atoms with E-state index in [-0.39, 0.29) is 5.33 Å². The predicted molar refractivity (Wildman–Crippen MR) is 48.4 cm³/mol. The van der Waals surface area contributed by atoms with Gasteiger partial charge in [0.1, 0.15) is 11.8 Å². The maximum absolute atomic E-state index is 11.9. The van der Waals surface area contributed by atoms with Gasteiger partial charge in [0.2, 0.25) is 0 Å². The molecule has 0 amide bonds. The van der Waals surface area contributed by atoms with E-state index in [0.717, 1.165) is 12.4 Å². The Kier molecular flexibility index (Phi) is 5.81. The molecule has 0 aromatic heterocycles. The molecule has 0 heterocycles. The van der Waals surface area contributed by atoms with Gasteiger partial charge < -0.3 is 4.74 Å². The van der Waals surface area contributed by atoms with Crippen molar-refractivity contribution in [2.75, 3.05) is 12.4 Å². The number of esters is 1. The molecule has 0 aliphatic rings. The number of alkyl halides is 4. The number of ketones is 1. The number of Topliss-reactive ketones (excluding diaryl/α,β-unsaturated/α-hetero) is 1. The third kappa shape index (κ3) is 6.45. The molecule has 0 aliphatic carbocycles. The quantitative estimate of drug-likeness (QED) is 0.466. The molecule has 4 nitrogen and oxygen atoms in total. The van der Waals surface area contributed by atoms with Gasteiger partial charge in [-0.15, -0.1) is 0 Å². The van der Waals surface area contributed by atoms with E-state index >= 15 is 0 Å². The summed E-state index contributed by atoms with van der Waals surface area (Å²) in [5.41, 5.74) is 0. The number of carbonyl (C=O) groups excluding carboxylic acids is 2. The minimum absolute atomic E-state index is 0.111. The first-order valence-corrected chi connectivity index (χ1v) is 4.92. The van der Waals surface area contributed by atoms with Gasteiger partial charge >= 0.3 is 12.3 Å². The number of rotatable bonds is 5. The maximum atomic E-state index is 11.9. The molecule has 0 fully saturated rings. The average Bonchev–Trinajstić information content (AvgIpc) is 2.13. The number of hydrogen-bond donors (Lipinski definition) is 1. The van der Waals surface area contributed by atoms with Gasteiger partial charge in [0.05, 0.1) is 12.4 Å². The zero-order valence-electron chi connectivity index (χ0n) is 7.73. The summed E-state index contributed by atoms with van der Waals surface area (Å²) < 4.78 is 39.9. The van der Waals surface area contributed by atoms with Crippen LogP contribution in [0.5, 0.6) is 0 Å². The van der Waals surface area contributed by atoms with E-state index in [1.165, 1.54) is 0 Å². The van der Waals surface area contributed by atoms with Gasteiger partial charge in [0.25, 0.3) is 0 Å². The Morgan fingerprint density at radius 3 is 2.33 bits per heavy atom. The molecule has 1 unspecified atom stereocenters. The molecule has 0 aromatic carbocycles. The number of halogens is 4. The fraction of sp³-hybridized carbons (Fsp3) is 0.714. The van der Waals surface area contributed by atoms with Crippen LogP contribution in [0.25, 0.3) is 0 Å². The zero-order valence-corrected chi connectivity index (χ0v) is 9.31. The molecule has 88 valence electrons. The molecule has 0 saturated carbocycles. The van der Waals surface area contributed by atoms with Crippen molar-refractivity contribution in [3.8, 4) is 0 Å². The Bertz CT molecular complexity index is 244. The lowest BCUT2D eigenvalue weighted by atomic mass is 10.1. The fourth-order valence-corrected chi connectivity index (χ4v) is 1.04. The monoisotopic (exact) mass is 291 g/mol. The second-order valence-electron chi connectivity index (χ2n) is 2.59. The van der Waals surface area contributed by atoms with Crippen LogP contribution in [0.4, 0.5) is 13.2 Å². The van der Waals surface area contributed by atoms with E-state index in [1.807, 2.05) is 0 Å². The summed E-state index contributed by atoms with van der Waals surface area (Å²) in [6, 6.07) is -1.69. The highest BCUT2D eigenvalue weighted by Gasteiger charge is 2.35. The molecule has 0 spiro atoms. The Morgan fingerprint density at radius 2 is 2.00 bits per heavy atom. The molecule has 0 rings (SSSR count). The first-order chi connectivity index (χ1) is 6.80. The first-order valence-electron chi connectivity index (χ1n) is 3.80. The van der Waals surface area contributed by atoms with Gasteiger partial charge in [-0.2, -0.15) is 13.2 Å². The van der Waals surface area contributed by atoms with Crippen LogP contribution in [0.1, 0.15) is 6.42 Å². The summed E-state index contributed by atoms with van der Waals surface area (Å²) in [5.74, 6) is -1.65. The highest BCUT2D eigenvalue weighted by Crippen LogP contribution is 2.13. The molecule has 8 heteroatoms. The van der Waals surface area contributed by atoms with E-state index in [9.17, 15) is 22.8 Å². The number of nitrogens with one attached hydrogen (secondary N) is 1. The van der Waals surface area contributed by atoms with E-state index < -0.39 is 30.5 Å². The minimum Gasteiger partial charge on any atom is -0.468 e. The van der Waals surface area contributed by atoms with E-state index in [0.29, 0.717) is 0 Å². The first kappa shape index (κ1) is 14.4. The molecule has 15 heavy (non-hydrogen) atoms. The molecule has 0 aromatic rings. The van der Waals surface area contributed by atoms with Crippen LogP contribution in [0.15, 0.2) is 0 Å². The summed E-state index contributed by atoms with van der Waals surface area (Å²) >= 11 is 2.78. The van der Waals surface area contributed by atoms with Crippen molar-refractivity contribution in [2.24, 2.45) is 0 Å². The van der Waals surface area contributed by atoms with Gasteiger partial charge in [0, 0.05) is 6.42 Å². The third-order valence-corrected chi connectivity index (χ3v) is 2.03. The van der Waals surface area contributed by atoms with E-state index in [2.05, 4.69) is 20.7 Å². The minimum atomic E-state index is -4.73. The Hall–Kier alpha value is -0.630. The SMILES string of the molecule is COC(=O)C(CC(=O)CBr)NC(F)(F)F. The lowest BCUT2D eigenvalue weighted by Gasteiger charge is -2.17. The average molecular weight is 292 g/mol. The summed E-state index contributed by atoms with van der Waals surface area (Å²) in [6.45, 7) is 0. The second kappa shape index (κ2) is 6.06. The molecule has 1 N–H and O–H groups in total. The van der Waals surface area contributed by atoms with Crippen molar-refractivity contribution in [3.63, 3.8) is 0 Å². The number of methoxy groups -OCH3 is 1. The van der Waals surface area contributed by atoms with Crippen molar-refractivity contribution in [1.29, 1.82) is 0 Å². The van der Waals surface area contributed by atoms with Gasteiger partial charge in [-0.25, -0.2) is 5.32 Å². The molecule has 1 atom stereocenters. The molecular formula is C7H9BrF3NO3. The molecule has 0 saturated heterocycles. The molecule has 0 aliphatic heterocycles. The summed E-state index contributed by atoms with van der Waals surface area (Å²) in [4.78, 5) is 21.8. The van der Waals surface area contributed by atoms with Gasteiger partial charge in [-0.1, -0.05) is 15.9 Å². The summed E-state index contributed by atoms with van der Waals surface area (Å²) in [6.07, 6.45) is -5.30. The van der Waals surface area contributed by atoms with Crippen LogP contribution >= 0.6 is 15.9 Å². The lowest BCUT2D eigenvalue weighted by Crippen LogP contribution is -2.47. The Morgan fingerprint density at radius 1 is 1.47 bits per heavy atom. The number of carbonyl (C=O) groups is 2. The Balaban J connectivity index is 4.45. The van der Waals surface area contributed by atoms with Crippen LogP contribution < -0.4 is 5.32 Å². The van der Waals surface area contributed by atoms with Crippen molar-refractivity contribution in [1.82, 2.24) is 5.32 Å². The standard InChI is InChI=1S/C7H9BrF3NO3/c1-15-6(14)5(2-4(13)3-8)12-7(9,10)11/h5,12H,2-3H2,1H3. The third-order valence-electron chi connectivity index (χ3n) is 1.40. The number of ether oxygens (including phenoxy) is 1. The smallest absolute Gasteiger partial charge is 0.458 e. The maximum Gasteiger partial charge on any atom is 0.458 e. The highest BCUT2D eigenvalue weighted by atomic mass is 79.9. The highest BCUT2D eigenvalue weighted by molar-refractivity contribution is 9.09. The van der Waals surface area contributed by atoms with Crippen LogP contribution in [0, 0.1) is 0 Å². The van der Waals surface area contributed by atoms with Crippen LogP contribution in [-0.2, 0) is 14.3 Å². The topological polar surface area (TPSA) is 55.4 Å². The van der Waals surface area contributed by atoms with Crippen molar-refractivity contribution < 1.29 is 27.5 Å². The number of hydrogen-bond acceptors (Lipinski definition) is 4. The molecule has 0 radical (unpaired) electrons. The molecular weight excluding hydrogens is 283 g/mol. The summed E-state index contributed by atoms with van der Waals surface area (Å²) in [7, 11) is 0.950. The van der Waals surface area contributed by atoms with Gasteiger partial charge in [0.15, 0.2) is 0 Å². The van der Waals surface area contributed by atoms with Crippen LogP contribution in [0.3, 0.4) is 0 Å². The van der Waals surface area contributed by atoms with Gasteiger partial charge in [-0.3, -0.25) is 9.59 Å². The van der Waals surface area contributed by atoms with Crippen molar-refractivity contribution >= 4 is 27.7 Å².